The summed E-state index contributed by atoms with van der Waals surface area (Å²) >= 11 is 0. The summed E-state index contributed by atoms with van der Waals surface area (Å²) in [7, 11) is 3.34. The van der Waals surface area contributed by atoms with Gasteiger partial charge in [-0.05, 0) is 57.0 Å². The Balaban J connectivity index is 1.98. The SMILES string of the molecule is CN(C)C(=O)[C@]1(CCC(=O)OC(C)(C)C)N=C(c2ccc(OCCCO)cc2)O[C@@H]1c1ccccc1. The number of aliphatic hydroxyl groups excluding tert-OH is 1. The first-order valence-corrected chi connectivity index (χ1v) is 12.1. The van der Waals surface area contributed by atoms with Crippen molar-refractivity contribution in [3.05, 3.63) is 65.7 Å². The number of ether oxygens (including phenoxy) is 3. The Kier molecular flexibility index (Phi) is 8.74. The van der Waals surface area contributed by atoms with Crippen LogP contribution in [0.3, 0.4) is 0 Å². The Morgan fingerprint density at radius 1 is 1.08 bits per heavy atom. The van der Waals surface area contributed by atoms with Crippen LogP contribution < -0.4 is 4.74 Å². The average Bonchev–Trinajstić information content (AvgIpc) is 3.23. The number of benzene rings is 2. The van der Waals surface area contributed by atoms with Gasteiger partial charge in [0.15, 0.2) is 11.6 Å². The lowest BCUT2D eigenvalue weighted by molar-refractivity contribution is -0.155. The number of hydrogen-bond acceptors (Lipinski definition) is 7. The lowest BCUT2D eigenvalue weighted by Crippen LogP contribution is -2.48. The summed E-state index contributed by atoms with van der Waals surface area (Å²) in [5, 5.41) is 8.94. The quantitative estimate of drug-likeness (QED) is 0.396. The fraction of sp³-hybridized carbons (Fsp3) is 0.464. The van der Waals surface area contributed by atoms with Crippen LogP contribution in [-0.4, -0.2) is 66.2 Å². The molecule has 0 aromatic heterocycles. The monoisotopic (exact) mass is 496 g/mol. The van der Waals surface area contributed by atoms with Crippen LogP contribution in [0.25, 0.3) is 0 Å². The second-order valence-electron chi connectivity index (χ2n) is 9.99. The van der Waals surface area contributed by atoms with Crippen LogP contribution in [0.5, 0.6) is 5.75 Å². The molecule has 0 aliphatic carbocycles. The first kappa shape index (κ1) is 27.2. The van der Waals surface area contributed by atoms with Crippen LogP contribution in [0.1, 0.15) is 57.3 Å². The number of aliphatic imine (C=N–C) groups is 1. The molecule has 0 saturated heterocycles. The molecule has 0 saturated carbocycles. The predicted molar refractivity (Wildman–Crippen MR) is 137 cm³/mol. The van der Waals surface area contributed by atoms with Crippen molar-refractivity contribution in [2.75, 3.05) is 27.3 Å². The maximum absolute atomic E-state index is 13.7. The summed E-state index contributed by atoms with van der Waals surface area (Å²) in [6, 6.07) is 16.7. The summed E-state index contributed by atoms with van der Waals surface area (Å²) in [6.07, 6.45) is -0.0302. The molecule has 1 amide bonds. The van der Waals surface area contributed by atoms with E-state index in [2.05, 4.69) is 0 Å². The van der Waals surface area contributed by atoms with Crippen LogP contribution >= 0.6 is 0 Å². The van der Waals surface area contributed by atoms with Gasteiger partial charge >= 0.3 is 5.97 Å². The molecule has 3 rings (SSSR count). The minimum atomic E-state index is -1.34. The van der Waals surface area contributed by atoms with E-state index >= 15 is 0 Å². The minimum absolute atomic E-state index is 0.0119. The third-order valence-corrected chi connectivity index (χ3v) is 5.65. The number of nitrogens with zero attached hydrogens (tertiary/aromatic N) is 2. The van der Waals surface area contributed by atoms with Crippen LogP contribution in [0.4, 0.5) is 0 Å². The van der Waals surface area contributed by atoms with Crippen molar-refractivity contribution in [1.82, 2.24) is 4.90 Å². The van der Waals surface area contributed by atoms with E-state index in [1.54, 1.807) is 26.2 Å². The number of carbonyl (C=O) groups is 2. The minimum Gasteiger partial charge on any atom is -0.494 e. The number of rotatable bonds is 10. The zero-order valence-corrected chi connectivity index (χ0v) is 21.7. The zero-order chi connectivity index (χ0) is 26.3. The van der Waals surface area contributed by atoms with Crippen molar-refractivity contribution in [1.29, 1.82) is 0 Å². The third-order valence-electron chi connectivity index (χ3n) is 5.65. The van der Waals surface area contributed by atoms with E-state index in [0.29, 0.717) is 30.2 Å². The molecule has 1 N–H and O–H groups in total. The van der Waals surface area contributed by atoms with E-state index in [1.165, 1.54) is 4.90 Å². The van der Waals surface area contributed by atoms with Gasteiger partial charge in [-0.2, -0.15) is 0 Å². The lowest BCUT2D eigenvalue weighted by atomic mass is 9.83. The molecule has 0 bridgehead atoms. The van der Waals surface area contributed by atoms with Crippen LogP contribution in [0, 0.1) is 0 Å². The summed E-state index contributed by atoms with van der Waals surface area (Å²) in [5.74, 6) is 0.336. The summed E-state index contributed by atoms with van der Waals surface area (Å²) in [6.45, 7) is 5.91. The Morgan fingerprint density at radius 3 is 2.33 bits per heavy atom. The Morgan fingerprint density at radius 2 is 1.75 bits per heavy atom. The van der Waals surface area contributed by atoms with Crippen molar-refractivity contribution in [3.63, 3.8) is 0 Å². The fourth-order valence-corrected chi connectivity index (χ4v) is 4.05. The average molecular weight is 497 g/mol. The maximum Gasteiger partial charge on any atom is 0.306 e. The molecule has 1 aliphatic heterocycles. The molecule has 0 unspecified atom stereocenters. The van der Waals surface area contributed by atoms with E-state index in [4.69, 9.17) is 24.3 Å². The topological polar surface area (TPSA) is 97.7 Å². The molecule has 8 nitrogen and oxygen atoms in total. The molecule has 8 heteroatoms. The van der Waals surface area contributed by atoms with Crippen molar-refractivity contribution in [2.45, 2.75) is 57.3 Å². The standard InChI is InChI=1S/C28H36N2O6/c1-27(2,3)36-23(32)16-17-28(26(33)30(4)5)24(20-10-7-6-8-11-20)35-25(29-28)21-12-14-22(15-13-21)34-19-9-18-31/h6-8,10-15,24,31H,9,16-19H2,1-5H3/t24-,28-/m1/s1. The Labute approximate surface area is 212 Å². The van der Waals surface area contributed by atoms with Crippen LogP contribution in [-0.2, 0) is 19.1 Å². The van der Waals surface area contributed by atoms with Gasteiger partial charge in [-0.25, -0.2) is 4.99 Å². The van der Waals surface area contributed by atoms with Gasteiger partial charge in [0, 0.05) is 39.1 Å². The van der Waals surface area contributed by atoms with Gasteiger partial charge in [-0.1, -0.05) is 30.3 Å². The Bertz CT molecular complexity index is 1060. The summed E-state index contributed by atoms with van der Waals surface area (Å²) < 4.78 is 17.5. The number of hydrogen-bond donors (Lipinski definition) is 1. The number of carbonyl (C=O) groups excluding carboxylic acids is 2. The molecular formula is C28H36N2O6. The predicted octanol–water partition coefficient (Wildman–Crippen LogP) is 3.91. The van der Waals surface area contributed by atoms with Crippen LogP contribution in [0.15, 0.2) is 59.6 Å². The summed E-state index contributed by atoms with van der Waals surface area (Å²) in [4.78, 5) is 32.6. The smallest absolute Gasteiger partial charge is 0.306 e. The highest BCUT2D eigenvalue weighted by Crippen LogP contribution is 2.44. The van der Waals surface area contributed by atoms with E-state index in [9.17, 15) is 9.59 Å². The first-order chi connectivity index (χ1) is 17.1. The van der Waals surface area contributed by atoms with Crippen molar-refractivity contribution < 1.29 is 28.9 Å². The molecule has 2 aromatic rings. The molecule has 0 fully saturated rings. The number of likely N-dealkylation sites (N-methyl/N-ethyl adjacent to an activating group) is 1. The van der Waals surface area contributed by atoms with E-state index in [1.807, 2.05) is 63.2 Å². The van der Waals surface area contributed by atoms with Gasteiger partial charge in [0.05, 0.1) is 6.61 Å². The van der Waals surface area contributed by atoms with Crippen molar-refractivity contribution in [2.24, 2.45) is 4.99 Å². The fourth-order valence-electron chi connectivity index (χ4n) is 4.05. The molecule has 194 valence electrons. The second-order valence-corrected chi connectivity index (χ2v) is 9.99. The van der Waals surface area contributed by atoms with Gasteiger partial charge in [-0.15, -0.1) is 0 Å². The largest absolute Gasteiger partial charge is 0.494 e. The first-order valence-electron chi connectivity index (χ1n) is 12.1. The molecule has 1 aliphatic rings. The van der Waals surface area contributed by atoms with E-state index in [-0.39, 0.29) is 25.4 Å². The number of amides is 1. The highest BCUT2D eigenvalue weighted by atomic mass is 16.6. The molecule has 1 heterocycles. The maximum atomic E-state index is 13.7. The van der Waals surface area contributed by atoms with E-state index < -0.39 is 23.2 Å². The molecular weight excluding hydrogens is 460 g/mol. The highest BCUT2D eigenvalue weighted by Gasteiger charge is 2.54. The van der Waals surface area contributed by atoms with Crippen LogP contribution in [0.2, 0.25) is 0 Å². The molecule has 2 atom stereocenters. The third kappa shape index (κ3) is 6.63. The second kappa shape index (κ2) is 11.6. The van der Waals surface area contributed by atoms with Crippen molar-refractivity contribution >= 4 is 17.8 Å². The Hall–Kier alpha value is -3.39. The molecule has 0 radical (unpaired) electrons. The van der Waals surface area contributed by atoms with Gasteiger partial charge < -0.3 is 24.2 Å². The van der Waals surface area contributed by atoms with Gasteiger partial charge in [0.1, 0.15) is 11.4 Å². The highest BCUT2D eigenvalue weighted by molar-refractivity contribution is 6.01. The zero-order valence-electron chi connectivity index (χ0n) is 21.7. The van der Waals surface area contributed by atoms with Gasteiger partial charge in [0.2, 0.25) is 5.90 Å². The number of aliphatic hydroxyl groups is 1. The van der Waals surface area contributed by atoms with Crippen molar-refractivity contribution in [3.8, 4) is 5.75 Å². The number of esters is 1. The van der Waals surface area contributed by atoms with Gasteiger partial charge in [0.25, 0.3) is 5.91 Å². The summed E-state index contributed by atoms with van der Waals surface area (Å²) in [5.41, 5.74) is -0.486. The normalized spacial score (nSPS) is 19.3. The molecule has 0 spiro atoms. The lowest BCUT2D eigenvalue weighted by Gasteiger charge is -2.32. The molecule has 36 heavy (non-hydrogen) atoms. The van der Waals surface area contributed by atoms with E-state index in [0.717, 1.165) is 5.56 Å². The molecule has 2 aromatic carbocycles. The van der Waals surface area contributed by atoms with Gasteiger partial charge in [-0.3, -0.25) is 9.59 Å².